The van der Waals surface area contributed by atoms with Crippen LogP contribution in [-0.2, 0) is 0 Å². The number of H-pyrrole nitrogens is 1. The molecule has 0 amide bonds. The van der Waals surface area contributed by atoms with Crippen LogP contribution in [0.5, 0.6) is 5.75 Å². The fourth-order valence-electron chi connectivity index (χ4n) is 1.33. The summed E-state index contributed by atoms with van der Waals surface area (Å²) in [5.74, 6) is 0.708. The zero-order valence-corrected chi connectivity index (χ0v) is 9.09. The van der Waals surface area contributed by atoms with Crippen LogP contribution in [0.25, 0.3) is 10.9 Å². The molecule has 0 aliphatic heterocycles. The monoisotopic (exact) mass is 253 g/mol. The first-order valence-corrected chi connectivity index (χ1v) is 4.86. The van der Waals surface area contributed by atoms with Gasteiger partial charge in [0.1, 0.15) is 5.75 Å². The number of methoxy groups -OCH3 is 1. The second-order valence-corrected chi connectivity index (χ2v) is 3.73. The Morgan fingerprint density at radius 3 is 2.93 bits per heavy atom. The third-order valence-electron chi connectivity index (χ3n) is 2.03. The number of hydrogen-bond acceptors (Lipinski definition) is 2. The number of fused-ring (bicyclic) bond motifs is 1. The predicted molar refractivity (Wildman–Crippen MR) is 58.8 cm³/mol. The number of nitrogens with one attached hydrogen (secondary N) is 1. The molecule has 0 spiro atoms. The van der Waals surface area contributed by atoms with Crippen LogP contribution >= 0.6 is 15.9 Å². The zero-order chi connectivity index (χ0) is 10.1. The highest BCUT2D eigenvalue weighted by atomic mass is 79.9. The van der Waals surface area contributed by atoms with Crippen LogP contribution in [0.1, 0.15) is 0 Å². The van der Waals surface area contributed by atoms with Gasteiger partial charge in [0, 0.05) is 23.7 Å². The SMILES string of the molecule is COc1cc2[nH]ccc(=O)c2cc1Br. The number of ether oxygens (including phenoxy) is 1. The molecule has 0 fully saturated rings. The van der Waals surface area contributed by atoms with E-state index in [0.29, 0.717) is 11.1 Å². The lowest BCUT2D eigenvalue weighted by Crippen LogP contribution is -2.00. The minimum absolute atomic E-state index is 0.00195. The van der Waals surface area contributed by atoms with Gasteiger partial charge in [0.15, 0.2) is 5.43 Å². The first-order chi connectivity index (χ1) is 6.72. The van der Waals surface area contributed by atoms with Crippen molar-refractivity contribution in [1.29, 1.82) is 0 Å². The van der Waals surface area contributed by atoms with Crippen molar-refractivity contribution in [2.45, 2.75) is 0 Å². The lowest BCUT2D eigenvalue weighted by atomic mass is 10.2. The molecular weight excluding hydrogens is 246 g/mol. The van der Waals surface area contributed by atoms with E-state index in [1.807, 2.05) is 0 Å². The summed E-state index contributed by atoms with van der Waals surface area (Å²) >= 11 is 3.33. The molecule has 0 aliphatic rings. The number of aromatic nitrogens is 1. The lowest BCUT2D eigenvalue weighted by molar-refractivity contribution is 0.412. The summed E-state index contributed by atoms with van der Waals surface area (Å²) in [5, 5.41) is 0.653. The van der Waals surface area contributed by atoms with Crippen LogP contribution in [-0.4, -0.2) is 12.1 Å². The van der Waals surface area contributed by atoms with Gasteiger partial charge in [-0.25, -0.2) is 0 Å². The first kappa shape index (κ1) is 9.27. The third kappa shape index (κ3) is 1.42. The number of hydrogen-bond donors (Lipinski definition) is 1. The largest absolute Gasteiger partial charge is 0.495 e. The molecule has 1 N–H and O–H groups in total. The summed E-state index contributed by atoms with van der Waals surface area (Å²) in [6, 6.07) is 5.05. The fourth-order valence-corrected chi connectivity index (χ4v) is 1.84. The minimum Gasteiger partial charge on any atom is -0.495 e. The highest BCUT2D eigenvalue weighted by molar-refractivity contribution is 9.10. The van der Waals surface area contributed by atoms with Crippen molar-refractivity contribution in [1.82, 2.24) is 4.98 Å². The molecule has 0 aliphatic carbocycles. The maximum absolute atomic E-state index is 11.4. The molecule has 2 aromatic rings. The highest BCUT2D eigenvalue weighted by Gasteiger charge is 2.04. The molecule has 2 rings (SSSR count). The summed E-state index contributed by atoms with van der Waals surface area (Å²) in [5.41, 5.74) is 0.777. The van der Waals surface area contributed by atoms with E-state index in [9.17, 15) is 4.79 Å². The van der Waals surface area contributed by atoms with E-state index < -0.39 is 0 Å². The summed E-state index contributed by atoms with van der Waals surface area (Å²) < 4.78 is 5.91. The van der Waals surface area contributed by atoms with E-state index in [-0.39, 0.29) is 5.43 Å². The average molecular weight is 254 g/mol. The molecule has 1 aromatic carbocycles. The Labute approximate surface area is 88.8 Å². The van der Waals surface area contributed by atoms with Crippen molar-refractivity contribution in [3.8, 4) is 5.75 Å². The fraction of sp³-hybridized carbons (Fsp3) is 0.100. The molecule has 1 heterocycles. The summed E-state index contributed by atoms with van der Waals surface area (Å²) in [6.45, 7) is 0. The number of rotatable bonds is 1. The van der Waals surface area contributed by atoms with Crippen LogP contribution in [0.3, 0.4) is 0 Å². The minimum atomic E-state index is 0.00195. The van der Waals surface area contributed by atoms with Crippen LogP contribution in [0, 0.1) is 0 Å². The van der Waals surface area contributed by atoms with E-state index >= 15 is 0 Å². The van der Waals surface area contributed by atoms with Gasteiger partial charge in [-0.05, 0) is 22.0 Å². The van der Waals surface area contributed by atoms with Crippen molar-refractivity contribution in [3.05, 3.63) is 39.1 Å². The van der Waals surface area contributed by atoms with E-state index in [2.05, 4.69) is 20.9 Å². The van der Waals surface area contributed by atoms with Gasteiger partial charge in [-0.2, -0.15) is 0 Å². The van der Waals surface area contributed by atoms with E-state index in [0.717, 1.165) is 9.99 Å². The van der Waals surface area contributed by atoms with E-state index in [1.165, 1.54) is 6.07 Å². The zero-order valence-electron chi connectivity index (χ0n) is 7.50. The number of aromatic amines is 1. The Bertz CT molecular complexity index is 533. The van der Waals surface area contributed by atoms with Crippen LogP contribution in [0.4, 0.5) is 0 Å². The third-order valence-corrected chi connectivity index (χ3v) is 2.65. The van der Waals surface area contributed by atoms with Crippen LogP contribution < -0.4 is 10.2 Å². The second-order valence-electron chi connectivity index (χ2n) is 2.87. The average Bonchev–Trinajstić information content (AvgIpc) is 2.19. The molecule has 14 heavy (non-hydrogen) atoms. The van der Waals surface area contributed by atoms with Crippen molar-refractivity contribution < 1.29 is 4.74 Å². The summed E-state index contributed by atoms with van der Waals surface area (Å²) in [4.78, 5) is 14.4. The molecule has 4 heteroatoms. The molecule has 0 bridgehead atoms. The Balaban J connectivity index is 2.86. The van der Waals surface area contributed by atoms with E-state index in [4.69, 9.17) is 4.74 Å². The van der Waals surface area contributed by atoms with Crippen molar-refractivity contribution in [3.63, 3.8) is 0 Å². The normalized spacial score (nSPS) is 10.4. The van der Waals surface area contributed by atoms with Gasteiger partial charge in [0.2, 0.25) is 0 Å². The maximum atomic E-state index is 11.4. The molecule has 0 saturated heterocycles. The molecule has 3 nitrogen and oxygen atoms in total. The lowest BCUT2D eigenvalue weighted by Gasteiger charge is -2.04. The van der Waals surface area contributed by atoms with Crippen LogP contribution in [0.2, 0.25) is 0 Å². The number of halogens is 1. The Morgan fingerprint density at radius 2 is 2.21 bits per heavy atom. The predicted octanol–water partition coefficient (Wildman–Crippen LogP) is 2.30. The molecule has 0 atom stereocenters. The standard InChI is InChI=1S/C10H8BrNO2/c1-14-10-5-8-6(4-7(10)11)9(13)2-3-12-8/h2-5H,1H3,(H,12,13). The molecular formula is C10H8BrNO2. The van der Waals surface area contributed by atoms with Gasteiger partial charge in [0.25, 0.3) is 0 Å². The van der Waals surface area contributed by atoms with Gasteiger partial charge in [0.05, 0.1) is 17.1 Å². The maximum Gasteiger partial charge on any atom is 0.189 e. The molecule has 1 aromatic heterocycles. The molecule has 72 valence electrons. The Kier molecular flexibility index (Phi) is 2.29. The summed E-state index contributed by atoms with van der Waals surface area (Å²) in [7, 11) is 1.59. The molecule has 0 saturated carbocycles. The van der Waals surface area contributed by atoms with Crippen molar-refractivity contribution in [2.24, 2.45) is 0 Å². The molecule has 0 unspecified atom stereocenters. The smallest absolute Gasteiger partial charge is 0.189 e. The van der Waals surface area contributed by atoms with Crippen molar-refractivity contribution in [2.75, 3.05) is 7.11 Å². The quantitative estimate of drug-likeness (QED) is 0.848. The molecule has 0 radical (unpaired) electrons. The van der Waals surface area contributed by atoms with Gasteiger partial charge in [-0.1, -0.05) is 0 Å². The van der Waals surface area contributed by atoms with E-state index in [1.54, 1.807) is 25.4 Å². The van der Waals surface area contributed by atoms with Crippen molar-refractivity contribution >= 4 is 26.8 Å². The first-order valence-electron chi connectivity index (χ1n) is 4.07. The highest BCUT2D eigenvalue weighted by Crippen LogP contribution is 2.27. The van der Waals surface area contributed by atoms with Crippen LogP contribution in [0.15, 0.2) is 33.7 Å². The summed E-state index contributed by atoms with van der Waals surface area (Å²) in [6.07, 6.45) is 1.62. The number of benzene rings is 1. The van der Waals surface area contributed by atoms with Gasteiger partial charge >= 0.3 is 0 Å². The number of pyridine rings is 1. The van der Waals surface area contributed by atoms with Gasteiger partial charge < -0.3 is 9.72 Å². The van der Waals surface area contributed by atoms with Gasteiger partial charge in [-0.15, -0.1) is 0 Å². The van der Waals surface area contributed by atoms with Gasteiger partial charge in [-0.3, -0.25) is 4.79 Å². The second kappa shape index (κ2) is 3.46. The topological polar surface area (TPSA) is 42.1 Å². The Morgan fingerprint density at radius 1 is 1.43 bits per heavy atom. The Hall–Kier alpha value is -1.29.